The van der Waals surface area contributed by atoms with Gasteiger partial charge in [0.15, 0.2) is 0 Å². The maximum absolute atomic E-state index is 12.8. The zero-order valence-electron chi connectivity index (χ0n) is 8.74. The van der Waals surface area contributed by atoms with Crippen LogP contribution in [0.5, 0.6) is 0 Å². The van der Waals surface area contributed by atoms with Gasteiger partial charge in [0.1, 0.15) is 5.92 Å². The highest BCUT2D eigenvalue weighted by molar-refractivity contribution is 5.20. The van der Waals surface area contributed by atoms with Crippen LogP contribution in [0.25, 0.3) is 0 Å². The number of rotatable bonds is 1. The molecule has 16 heavy (non-hydrogen) atoms. The Labute approximate surface area is 91.6 Å². The van der Waals surface area contributed by atoms with Crippen molar-refractivity contribution < 1.29 is 18.0 Å². The first-order valence-electron chi connectivity index (χ1n) is 4.97. The van der Waals surface area contributed by atoms with E-state index in [1.54, 1.807) is 30.3 Å². The van der Waals surface area contributed by atoms with Crippen molar-refractivity contribution in [2.75, 3.05) is 13.7 Å². The third-order valence-corrected chi connectivity index (χ3v) is 2.79. The molecule has 0 bridgehead atoms. The lowest BCUT2D eigenvalue weighted by Crippen LogP contribution is -2.30. The van der Waals surface area contributed by atoms with E-state index in [4.69, 9.17) is 4.84 Å². The minimum atomic E-state index is -4.23. The Morgan fingerprint density at radius 2 is 1.88 bits per heavy atom. The molecule has 0 unspecified atom stereocenters. The maximum atomic E-state index is 12.8. The summed E-state index contributed by atoms with van der Waals surface area (Å²) in [6.07, 6.45) is -4.23. The average molecular weight is 231 g/mol. The van der Waals surface area contributed by atoms with Gasteiger partial charge < -0.3 is 0 Å². The lowest BCUT2D eigenvalue weighted by Gasteiger charge is -2.24. The molecule has 1 aliphatic rings. The predicted octanol–water partition coefficient (Wildman–Crippen LogP) is 2.78. The van der Waals surface area contributed by atoms with E-state index in [9.17, 15) is 13.2 Å². The van der Waals surface area contributed by atoms with Gasteiger partial charge >= 0.3 is 6.18 Å². The van der Waals surface area contributed by atoms with Crippen LogP contribution < -0.4 is 0 Å². The Kier molecular flexibility index (Phi) is 2.90. The molecule has 0 amide bonds. The molecular weight excluding hydrogens is 219 g/mol. The normalized spacial score (nSPS) is 27.2. The number of benzene rings is 1. The highest BCUT2D eigenvalue weighted by Gasteiger charge is 2.51. The smallest absolute Gasteiger partial charge is 0.298 e. The van der Waals surface area contributed by atoms with E-state index in [0.717, 1.165) is 0 Å². The molecule has 0 spiro atoms. The quantitative estimate of drug-likeness (QED) is 0.736. The van der Waals surface area contributed by atoms with Gasteiger partial charge in [-0.15, -0.1) is 0 Å². The van der Waals surface area contributed by atoms with E-state index in [1.165, 1.54) is 12.1 Å². The number of alkyl halides is 3. The van der Waals surface area contributed by atoms with E-state index in [2.05, 4.69) is 0 Å². The van der Waals surface area contributed by atoms with Gasteiger partial charge in [-0.05, 0) is 5.56 Å². The summed E-state index contributed by atoms with van der Waals surface area (Å²) < 4.78 is 38.3. The molecule has 0 radical (unpaired) electrons. The first-order valence-corrected chi connectivity index (χ1v) is 4.97. The van der Waals surface area contributed by atoms with Gasteiger partial charge in [-0.2, -0.15) is 18.2 Å². The van der Waals surface area contributed by atoms with E-state index < -0.39 is 18.1 Å². The fourth-order valence-corrected chi connectivity index (χ4v) is 1.99. The highest BCUT2D eigenvalue weighted by Crippen LogP contribution is 2.43. The maximum Gasteiger partial charge on any atom is 0.396 e. The summed E-state index contributed by atoms with van der Waals surface area (Å²) in [5, 5.41) is 1.29. The van der Waals surface area contributed by atoms with E-state index in [1.807, 2.05) is 0 Å². The summed E-state index contributed by atoms with van der Waals surface area (Å²) in [5.74, 6) is -1.46. The summed E-state index contributed by atoms with van der Waals surface area (Å²) in [7, 11) is 1.53. The van der Waals surface area contributed by atoms with Gasteiger partial charge in [0.25, 0.3) is 0 Å². The summed E-state index contributed by atoms with van der Waals surface area (Å²) in [6.45, 7) is -0.306. The highest BCUT2D eigenvalue weighted by atomic mass is 19.4. The number of hydrogen-bond acceptors (Lipinski definition) is 2. The molecule has 1 saturated heterocycles. The van der Waals surface area contributed by atoms with Crippen LogP contribution in [0.2, 0.25) is 0 Å². The topological polar surface area (TPSA) is 12.5 Å². The Morgan fingerprint density at radius 1 is 1.25 bits per heavy atom. The molecular formula is C11H12F3NO. The standard InChI is InChI=1S/C11H12F3NO/c1-15-10(8-5-3-2-4-6-8)9(7-16-15)11(12,13)14/h2-6,9-10H,7H2,1H3/t9-,10+/m1/s1. The number of hydrogen-bond donors (Lipinski definition) is 0. The number of hydroxylamine groups is 2. The van der Waals surface area contributed by atoms with Crippen molar-refractivity contribution in [3.05, 3.63) is 35.9 Å². The van der Waals surface area contributed by atoms with Crippen molar-refractivity contribution in [1.29, 1.82) is 0 Å². The fraction of sp³-hybridized carbons (Fsp3) is 0.455. The van der Waals surface area contributed by atoms with E-state index >= 15 is 0 Å². The Morgan fingerprint density at radius 3 is 2.44 bits per heavy atom. The minimum Gasteiger partial charge on any atom is -0.298 e. The minimum absolute atomic E-state index is 0.306. The zero-order chi connectivity index (χ0) is 11.8. The summed E-state index contributed by atoms with van der Waals surface area (Å²) in [6, 6.07) is 7.87. The second-order valence-corrected chi connectivity index (χ2v) is 3.85. The van der Waals surface area contributed by atoms with Crippen LogP contribution in [0, 0.1) is 5.92 Å². The molecule has 2 rings (SSSR count). The molecule has 0 aliphatic carbocycles. The van der Waals surface area contributed by atoms with Crippen LogP contribution in [0.3, 0.4) is 0 Å². The van der Waals surface area contributed by atoms with Crippen LogP contribution in [-0.4, -0.2) is 24.9 Å². The van der Waals surface area contributed by atoms with Crippen molar-refractivity contribution >= 4 is 0 Å². The van der Waals surface area contributed by atoms with Gasteiger partial charge in [0.05, 0.1) is 12.6 Å². The van der Waals surface area contributed by atoms with Gasteiger partial charge in [-0.1, -0.05) is 30.3 Å². The summed E-state index contributed by atoms with van der Waals surface area (Å²) in [5.41, 5.74) is 0.629. The van der Waals surface area contributed by atoms with Crippen LogP contribution in [0.4, 0.5) is 13.2 Å². The lowest BCUT2D eigenvalue weighted by atomic mass is 9.94. The molecule has 1 heterocycles. The van der Waals surface area contributed by atoms with Crippen molar-refractivity contribution in [2.45, 2.75) is 12.2 Å². The Hall–Kier alpha value is -1.07. The molecule has 0 N–H and O–H groups in total. The molecule has 1 aromatic carbocycles. The third kappa shape index (κ3) is 2.05. The first kappa shape index (κ1) is 11.4. The van der Waals surface area contributed by atoms with Gasteiger partial charge in [0.2, 0.25) is 0 Å². The summed E-state index contributed by atoms with van der Waals surface area (Å²) in [4.78, 5) is 4.97. The molecule has 1 fully saturated rings. The molecule has 5 heteroatoms. The number of halogens is 3. The monoisotopic (exact) mass is 231 g/mol. The van der Waals surface area contributed by atoms with Crippen molar-refractivity contribution in [3.8, 4) is 0 Å². The average Bonchev–Trinajstić information content (AvgIpc) is 2.61. The molecule has 2 atom stereocenters. The molecule has 2 nitrogen and oxygen atoms in total. The van der Waals surface area contributed by atoms with Crippen LogP contribution >= 0.6 is 0 Å². The summed E-state index contributed by atoms with van der Waals surface area (Å²) >= 11 is 0. The Bertz CT molecular complexity index is 352. The fourth-order valence-electron chi connectivity index (χ4n) is 1.99. The first-order chi connectivity index (χ1) is 7.50. The van der Waals surface area contributed by atoms with Gasteiger partial charge in [0, 0.05) is 7.05 Å². The number of nitrogens with zero attached hydrogens (tertiary/aromatic N) is 1. The molecule has 88 valence electrons. The third-order valence-electron chi connectivity index (χ3n) is 2.79. The van der Waals surface area contributed by atoms with E-state index in [-0.39, 0.29) is 6.61 Å². The lowest BCUT2D eigenvalue weighted by molar-refractivity contribution is -0.177. The van der Waals surface area contributed by atoms with Crippen molar-refractivity contribution in [1.82, 2.24) is 5.06 Å². The van der Waals surface area contributed by atoms with Crippen molar-refractivity contribution in [2.24, 2.45) is 5.92 Å². The molecule has 0 saturated carbocycles. The van der Waals surface area contributed by atoms with Crippen LogP contribution in [-0.2, 0) is 4.84 Å². The van der Waals surface area contributed by atoms with Gasteiger partial charge in [-0.3, -0.25) is 4.84 Å². The largest absolute Gasteiger partial charge is 0.396 e. The van der Waals surface area contributed by atoms with E-state index in [0.29, 0.717) is 5.56 Å². The van der Waals surface area contributed by atoms with Crippen LogP contribution in [0.15, 0.2) is 30.3 Å². The van der Waals surface area contributed by atoms with Crippen LogP contribution in [0.1, 0.15) is 11.6 Å². The molecule has 1 aromatic rings. The Balaban J connectivity index is 2.30. The predicted molar refractivity (Wildman–Crippen MR) is 52.4 cm³/mol. The second-order valence-electron chi connectivity index (χ2n) is 3.85. The SMILES string of the molecule is CN1OC[C@@H](C(F)(F)F)[C@@H]1c1ccccc1. The molecule has 0 aromatic heterocycles. The van der Waals surface area contributed by atoms with Crippen molar-refractivity contribution in [3.63, 3.8) is 0 Å². The van der Waals surface area contributed by atoms with Gasteiger partial charge in [-0.25, -0.2) is 0 Å². The zero-order valence-corrected chi connectivity index (χ0v) is 8.74. The second kappa shape index (κ2) is 4.07. The molecule has 1 aliphatic heterocycles.